The Hall–Kier alpha value is -9.72. The Kier molecular flexibility index (Phi) is 22.2. The number of carbonyl (C=O) groups excluding carboxylic acids is 6. The second kappa shape index (κ2) is 29.5. The molecule has 0 fully saturated rings. The van der Waals surface area contributed by atoms with Crippen molar-refractivity contribution in [1.82, 2.24) is 19.8 Å². The van der Waals surface area contributed by atoms with Gasteiger partial charge >= 0.3 is 12.3 Å². The summed E-state index contributed by atoms with van der Waals surface area (Å²) < 4.78 is 4.72. The van der Waals surface area contributed by atoms with Crippen LogP contribution in [0.2, 0.25) is 0 Å². The van der Waals surface area contributed by atoms with Gasteiger partial charge in [-0.15, -0.1) is 0 Å². The summed E-state index contributed by atoms with van der Waals surface area (Å²) in [6.45, 7) is 38.3. The van der Waals surface area contributed by atoms with Crippen LogP contribution in [0.25, 0.3) is 49.6 Å². The van der Waals surface area contributed by atoms with Gasteiger partial charge in [0, 0.05) is 57.4 Å². The Morgan fingerprint density at radius 3 is 1.20 bits per heavy atom. The van der Waals surface area contributed by atoms with E-state index in [1.165, 1.54) is 72.6 Å². The summed E-state index contributed by atoms with van der Waals surface area (Å²) in [4.78, 5) is 59.1. The fourth-order valence-electron chi connectivity index (χ4n) is 11.7. The van der Waals surface area contributed by atoms with Gasteiger partial charge in [-0.3, -0.25) is 9.59 Å². The van der Waals surface area contributed by atoms with Crippen LogP contribution in [-0.2, 0) is 43.1 Å². The quantitative estimate of drug-likeness (QED) is 0.111. The maximum absolute atomic E-state index is 13.3. The van der Waals surface area contributed by atoms with Gasteiger partial charge in [-0.25, -0.2) is 0 Å². The summed E-state index contributed by atoms with van der Waals surface area (Å²) in [5.74, 6) is 0.338. The molecule has 0 aliphatic carbocycles. The van der Waals surface area contributed by atoms with Gasteiger partial charge in [-0.05, 0) is 186 Å². The molecule has 2 N–H and O–H groups in total. The molecule has 90 heavy (non-hydrogen) atoms. The molecule has 0 radical (unpaired) electrons. The second-order valence-corrected chi connectivity index (χ2v) is 25.8. The first-order valence-corrected chi connectivity index (χ1v) is 30.7. The number of hydrogen-bond donors (Lipinski definition) is 2. The number of amides is 2. The van der Waals surface area contributed by atoms with E-state index < -0.39 is 0 Å². The van der Waals surface area contributed by atoms with Gasteiger partial charge in [0.2, 0.25) is 0 Å². The van der Waals surface area contributed by atoms with Crippen molar-refractivity contribution in [2.75, 3.05) is 0 Å². The van der Waals surface area contributed by atoms with Crippen molar-refractivity contribution in [3.63, 3.8) is 0 Å². The van der Waals surface area contributed by atoms with Crippen LogP contribution < -0.4 is 10.6 Å². The van der Waals surface area contributed by atoms with Crippen LogP contribution in [0, 0.1) is 27.7 Å². The van der Waals surface area contributed by atoms with Crippen LogP contribution in [0.1, 0.15) is 182 Å². The molecule has 2 atom stereocenters. The highest BCUT2D eigenvalue weighted by Gasteiger charge is 2.22. The highest BCUT2D eigenvalue weighted by molar-refractivity contribution is 6.00. The summed E-state index contributed by atoms with van der Waals surface area (Å²) >= 11 is 0. The van der Waals surface area contributed by atoms with Gasteiger partial charge in [0.15, 0.2) is 0 Å². The van der Waals surface area contributed by atoms with Gasteiger partial charge in [0.25, 0.3) is 11.8 Å². The smallest absolute Gasteiger partial charge is 0.346 e. The van der Waals surface area contributed by atoms with E-state index in [2.05, 4.69) is 256 Å². The molecule has 0 bridgehead atoms. The van der Waals surface area contributed by atoms with E-state index in [0.29, 0.717) is 17.0 Å². The molecule has 0 aliphatic rings. The minimum atomic E-state index is -0.113. The fourth-order valence-corrected chi connectivity index (χ4v) is 11.7. The monoisotopic (exact) mass is 1200 g/mol. The van der Waals surface area contributed by atoms with Gasteiger partial charge in [0.1, 0.15) is 0 Å². The lowest BCUT2D eigenvalue weighted by Crippen LogP contribution is -2.26. The number of aryl methyl sites for hydroxylation is 2. The molecule has 10 heteroatoms. The molecule has 0 aliphatic heterocycles. The molecule has 10 aromatic rings. The minimum Gasteiger partial charge on any atom is -0.346 e. The van der Waals surface area contributed by atoms with E-state index >= 15 is 0 Å². The molecule has 0 unspecified atom stereocenters. The van der Waals surface area contributed by atoms with Crippen molar-refractivity contribution < 1.29 is 28.8 Å². The highest BCUT2D eigenvalue weighted by Crippen LogP contribution is 2.36. The maximum Gasteiger partial charge on any atom is 0.373 e. The number of allylic oxidation sites excluding steroid dienone is 1. The lowest BCUT2D eigenvalue weighted by molar-refractivity contribution is -0.193. The minimum absolute atomic E-state index is 0.0460. The predicted octanol–water partition coefficient (Wildman–Crippen LogP) is 18.5. The molecular weight excluding hydrogens is 1110 g/mol. The average Bonchev–Trinajstić information content (AvgIpc) is 1.63. The van der Waals surface area contributed by atoms with Gasteiger partial charge < -0.3 is 19.8 Å². The maximum atomic E-state index is 13.3. The van der Waals surface area contributed by atoms with Crippen LogP contribution in [0.15, 0.2) is 189 Å². The molecule has 8 aromatic carbocycles. The van der Waals surface area contributed by atoms with Gasteiger partial charge in [-0.1, -0.05) is 207 Å². The fraction of sp³-hybridized carbons (Fsp3) is 0.275. The number of rotatable bonds is 14. The number of benzene rings is 8. The van der Waals surface area contributed by atoms with E-state index in [9.17, 15) is 9.59 Å². The Morgan fingerprint density at radius 1 is 0.456 bits per heavy atom. The first-order valence-electron chi connectivity index (χ1n) is 30.7. The van der Waals surface area contributed by atoms with Crippen molar-refractivity contribution in [2.45, 2.75) is 146 Å². The topological polar surface area (TPSA) is 136 Å². The number of aromatic nitrogens is 2. The Bertz CT molecular complexity index is 4250. The largest absolute Gasteiger partial charge is 0.373 e. The standard InChI is InChI=1S/C39H44N2O.C39H42N2O.2CO2/c2*1-25(2)31-12-11-13-32(22-31)27(4)40-38(42)33-20-21-37-35(23-33)26(3)28(5)41(37)24-29-16-18-30(19-17-29)34-14-9-10-15-36(34)39(6,7)8;2*2-1-3/h9-23,25,27H,24H2,1-8H3,(H,40,42);9-23,27H,1,24H2,2-8H3,(H,40,42);;/t2*27-;;/m00../s1. The lowest BCUT2D eigenvalue weighted by atomic mass is 9.82. The second-order valence-electron chi connectivity index (χ2n) is 25.8. The third-order valence-electron chi connectivity index (χ3n) is 17.1. The summed E-state index contributed by atoms with van der Waals surface area (Å²) in [5, 5.41) is 8.64. The molecule has 10 nitrogen and oxygen atoms in total. The number of nitrogens with zero attached hydrogens (tertiary/aromatic N) is 2. The van der Waals surface area contributed by atoms with Crippen molar-refractivity contribution in [2.24, 2.45) is 0 Å². The molecule has 2 aromatic heterocycles. The first-order chi connectivity index (χ1) is 42.7. The average molecular weight is 1200 g/mol. The van der Waals surface area contributed by atoms with Crippen LogP contribution in [0.4, 0.5) is 0 Å². The van der Waals surface area contributed by atoms with Gasteiger partial charge in [-0.2, -0.15) is 19.2 Å². The van der Waals surface area contributed by atoms with E-state index in [4.69, 9.17) is 19.2 Å². The summed E-state index contributed by atoms with van der Waals surface area (Å²) in [6.07, 6.45) is 0.500. The Morgan fingerprint density at radius 2 is 0.822 bits per heavy atom. The van der Waals surface area contributed by atoms with E-state index in [1.54, 1.807) is 0 Å². The number of nitrogens with one attached hydrogen (secondary N) is 2. The number of fused-ring (bicyclic) bond motifs is 2. The Balaban J connectivity index is 0.000000236. The lowest BCUT2D eigenvalue weighted by Gasteiger charge is -2.23. The molecular formula is C80H86N4O6. The third kappa shape index (κ3) is 16.1. The van der Waals surface area contributed by atoms with Crippen molar-refractivity contribution in [3.05, 3.63) is 267 Å². The van der Waals surface area contributed by atoms with Crippen LogP contribution in [-0.4, -0.2) is 33.3 Å². The van der Waals surface area contributed by atoms with Gasteiger partial charge in [0.05, 0.1) is 12.1 Å². The van der Waals surface area contributed by atoms with Crippen molar-refractivity contribution >= 4 is 51.5 Å². The Labute approximate surface area is 532 Å². The number of carbonyl (C=O) groups is 2. The molecule has 0 spiro atoms. The van der Waals surface area contributed by atoms with E-state index in [1.807, 2.05) is 56.3 Å². The zero-order valence-corrected chi connectivity index (χ0v) is 55.0. The zero-order valence-electron chi connectivity index (χ0n) is 55.0. The third-order valence-corrected chi connectivity index (χ3v) is 17.1. The highest BCUT2D eigenvalue weighted by atomic mass is 16.2. The summed E-state index contributed by atoms with van der Waals surface area (Å²) in [7, 11) is 0. The van der Waals surface area contributed by atoms with E-state index in [0.717, 1.165) is 57.2 Å². The van der Waals surface area contributed by atoms with Crippen LogP contribution in [0.3, 0.4) is 0 Å². The number of hydrogen-bond acceptors (Lipinski definition) is 6. The van der Waals surface area contributed by atoms with Crippen LogP contribution in [0.5, 0.6) is 0 Å². The molecule has 2 heterocycles. The molecule has 462 valence electrons. The molecule has 2 amide bonds. The predicted molar refractivity (Wildman–Crippen MR) is 366 cm³/mol. The normalized spacial score (nSPS) is 11.8. The van der Waals surface area contributed by atoms with Crippen molar-refractivity contribution in [1.29, 1.82) is 0 Å². The SMILES string of the molecule is C=C(C)c1cccc([C@H](C)NC(=O)c2ccc3c(c2)c(C)c(C)n3Cc2ccc(-c3ccccc3C(C)(C)C)cc2)c1.Cc1c(C)n(Cc2ccc(-c3ccccc3C(C)(C)C)cc2)c2ccc(C(=O)N[C@@H](C)c3cccc(C(C)C)c3)cc12.O=C=O.O=C=O. The van der Waals surface area contributed by atoms with E-state index in [-0.39, 0.29) is 47.0 Å². The zero-order chi connectivity index (χ0) is 65.8. The van der Waals surface area contributed by atoms with Crippen molar-refractivity contribution in [3.8, 4) is 22.3 Å². The first kappa shape index (κ1) is 67.8. The molecule has 0 saturated carbocycles. The van der Waals surface area contributed by atoms with Crippen LogP contribution >= 0.6 is 0 Å². The summed E-state index contributed by atoms with van der Waals surface area (Å²) in [6, 6.07) is 64.0. The molecule has 10 rings (SSSR count). The molecule has 0 saturated heterocycles. The summed E-state index contributed by atoms with van der Waals surface area (Å²) in [5.41, 5.74) is 24.6.